The minimum absolute atomic E-state index is 0.169. The molecule has 1 aromatic heterocycles. The van der Waals surface area contributed by atoms with E-state index in [-0.39, 0.29) is 11.7 Å². The van der Waals surface area contributed by atoms with E-state index in [1.54, 1.807) is 6.07 Å². The van der Waals surface area contributed by atoms with Gasteiger partial charge in [-0.2, -0.15) is 10.2 Å². The van der Waals surface area contributed by atoms with Gasteiger partial charge in [-0.1, -0.05) is 11.6 Å². The highest BCUT2D eigenvalue weighted by Gasteiger charge is 2.28. The molecule has 1 atom stereocenters. The third-order valence-electron chi connectivity index (χ3n) is 2.50. The standard InChI is InChI=1S/C9H11ClN2O2S/c10-8-4-9(12-11-5-8)3-7-1-2-15(13,14)6-7/h4-5,7H,1-3,6H2. The molecule has 2 heterocycles. The van der Waals surface area contributed by atoms with Crippen molar-refractivity contribution in [1.82, 2.24) is 10.2 Å². The number of halogens is 1. The molecule has 1 fully saturated rings. The number of aromatic nitrogens is 2. The van der Waals surface area contributed by atoms with Crippen molar-refractivity contribution in [3.8, 4) is 0 Å². The second kappa shape index (κ2) is 4.06. The van der Waals surface area contributed by atoms with Gasteiger partial charge < -0.3 is 0 Å². The first-order valence-electron chi connectivity index (χ1n) is 4.73. The predicted octanol–water partition coefficient (Wildman–Crippen LogP) is 1.11. The molecule has 0 aliphatic carbocycles. The van der Waals surface area contributed by atoms with E-state index >= 15 is 0 Å². The van der Waals surface area contributed by atoms with Crippen molar-refractivity contribution < 1.29 is 8.42 Å². The lowest BCUT2D eigenvalue weighted by Gasteiger charge is -2.05. The Morgan fingerprint density at radius 1 is 1.53 bits per heavy atom. The summed E-state index contributed by atoms with van der Waals surface area (Å²) in [5.74, 6) is 0.732. The molecule has 0 saturated carbocycles. The molecule has 6 heteroatoms. The topological polar surface area (TPSA) is 59.9 Å². The van der Waals surface area contributed by atoms with Crippen LogP contribution in [0, 0.1) is 5.92 Å². The van der Waals surface area contributed by atoms with Gasteiger partial charge in [0.25, 0.3) is 0 Å². The van der Waals surface area contributed by atoms with E-state index in [1.807, 2.05) is 0 Å². The second-order valence-corrected chi connectivity index (χ2v) is 6.50. The van der Waals surface area contributed by atoms with E-state index in [0.29, 0.717) is 17.2 Å². The lowest BCUT2D eigenvalue weighted by atomic mass is 10.0. The Morgan fingerprint density at radius 3 is 2.93 bits per heavy atom. The third kappa shape index (κ3) is 2.89. The maximum atomic E-state index is 11.2. The summed E-state index contributed by atoms with van der Waals surface area (Å²) in [7, 11) is -2.81. The monoisotopic (exact) mass is 246 g/mol. The number of sulfone groups is 1. The fourth-order valence-corrected chi connectivity index (χ4v) is 3.84. The van der Waals surface area contributed by atoms with Crippen molar-refractivity contribution in [3.05, 3.63) is 23.0 Å². The van der Waals surface area contributed by atoms with E-state index < -0.39 is 9.84 Å². The molecule has 0 spiro atoms. The first kappa shape index (κ1) is 10.8. The zero-order chi connectivity index (χ0) is 10.9. The van der Waals surface area contributed by atoms with Gasteiger partial charge in [0.05, 0.1) is 28.4 Å². The van der Waals surface area contributed by atoms with Crippen LogP contribution in [0.3, 0.4) is 0 Å². The third-order valence-corrected chi connectivity index (χ3v) is 4.54. The van der Waals surface area contributed by atoms with Crippen molar-refractivity contribution in [2.45, 2.75) is 12.8 Å². The summed E-state index contributed by atoms with van der Waals surface area (Å²) >= 11 is 5.77. The van der Waals surface area contributed by atoms with Gasteiger partial charge in [-0.15, -0.1) is 0 Å². The maximum Gasteiger partial charge on any atom is 0.150 e. The Kier molecular flexibility index (Phi) is 2.93. The molecule has 0 N–H and O–H groups in total. The molecule has 0 amide bonds. The quantitative estimate of drug-likeness (QED) is 0.784. The molecule has 82 valence electrons. The average molecular weight is 247 g/mol. The molecule has 0 bridgehead atoms. The van der Waals surface area contributed by atoms with Gasteiger partial charge in [-0.25, -0.2) is 8.42 Å². The Morgan fingerprint density at radius 2 is 2.33 bits per heavy atom. The summed E-state index contributed by atoms with van der Waals surface area (Å²) in [4.78, 5) is 0. The molecule has 15 heavy (non-hydrogen) atoms. The highest BCUT2D eigenvalue weighted by atomic mass is 35.5. The van der Waals surface area contributed by atoms with Crippen LogP contribution in [0.15, 0.2) is 12.3 Å². The van der Waals surface area contributed by atoms with Crippen LogP contribution >= 0.6 is 11.6 Å². The highest BCUT2D eigenvalue weighted by Crippen LogP contribution is 2.22. The van der Waals surface area contributed by atoms with Crippen LogP contribution < -0.4 is 0 Å². The van der Waals surface area contributed by atoms with Crippen LogP contribution in [0.5, 0.6) is 0 Å². The van der Waals surface area contributed by atoms with Gasteiger partial charge in [0, 0.05) is 0 Å². The van der Waals surface area contributed by atoms with Crippen LogP contribution in [0.2, 0.25) is 5.02 Å². The molecule has 1 saturated heterocycles. The summed E-state index contributed by atoms with van der Waals surface area (Å²) < 4.78 is 22.5. The Hall–Kier alpha value is -0.680. The minimum Gasteiger partial charge on any atom is -0.229 e. The molecule has 4 nitrogen and oxygen atoms in total. The van der Waals surface area contributed by atoms with Gasteiger partial charge in [-0.3, -0.25) is 0 Å². The minimum atomic E-state index is -2.81. The van der Waals surface area contributed by atoms with E-state index in [2.05, 4.69) is 10.2 Å². The normalized spacial score (nSPS) is 24.2. The van der Waals surface area contributed by atoms with E-state index in [0.717, 1.165) is 12.1 Å². The zero-order valence-electron chi connectivity index (χ0n) is 8.06. The highest BCUT2D eigenvalue weighted by molar-refractivity contribution is 7.91. The van der Waals surface area contributed by atoms with Crippen LogP contribution in [-0.4, -0.2) is 30.1 Å². The lowest BCUT2D eigenvalue weighted by molar-refractivity contribution is 0.573. The second-order valence-electron chi connectivity index (χ2n) is 3.84. The summed E-state index contributed by atoms with van der Waals surface area (Å²) in [6, 6.07) is 1.74. The van der Waals surface area contributed by atoms with Crippen molar-refractivity contribution in [3.63, 3.8) is 0 Å². The Bertz CT molecular complexity index is 461. The van der Waals surface area contributed by atoms with Crippen molar-refractivity contribution >= 4 is 21.4 Å². The summed E-state index contributed by atoms with van der Waals surface area (Å²) in [5.41, 5.74) is 0.768. The van der Waals surface area contributed by atoms with Gasteiger partial charge in [0.15, 0.2) is 9.84 Å². The van der Waals surface area contributed by atoms with Gasteiger partial charge in [-0.05, 0) is 24.8 Å². The molecule has 1 aromatic rings. The van der Waals surface area contributed by atoms with E-state index in [4.69, 9.17) is 11.6 Å². The zero-order valence-corrected chi connectivity index (χ0v) is 9.63. The van der Waals surface area contributed by atoms with Crippen molar-refractivity contribution in [1.29, 1.82) is 0 Å². The number of rotatable bonds is 2. The SMILES string of the molecule is O=S1(=O)CCC(Cc2cc(Cl)cnn2)C1. The van der Waals surface area contributed by atoms with Gasteiger partial charge in [0.2, 0.25) is 0 Å². The van der Waals surface area contributed by atoms with Gasteiger partial charge >= 0.3 is 0 Å². The lowest BCUT2D eigenvalue weighted by Crippen LogP contribution is -2.08. The molecular formula is C9H11ClN2O2S. The summed E-state index contributed by atoms with van der Waals surface area (Å²) in [5, 5.41) is 8.20. The molecule has 0 aromatic carbocycles. The van der Waals surface area contributed by atoms with Gasteiger partial charge in [0.1, 0.15) is 0 Å². The average Bonchev–Trinajstić information content (AvgIpc) is 2.45. The summed E-state index contributed by atoms with van der Waals surface area (Å²) in [6.07, 6.45) is 2.83. The Labute approximate surface area is 93.6 Å². The number of hydrogen-bond donors (Lipinski definition) is 0. The van der Waals surface area contributed by atoms with Crippen molar-refractivity contribution in [2.75, 3.05) is 11.5 Å². The molecule has 1 aliphatic rings. The predicted molar refractivity (Wildman–Crippen MR) is 57.5 cm³/mol. The number of nitrogens with zero attached hydrogens (tertiary/aromatic N) is 2. The van der Waals surface area contributed by atoms with E-state index in [9.17, 15) is 8.42 Å². The fourth-order valence-electron chi connectivity index (χ4n) is 1.81. The van der Waals surface area contributed by atoms with Crippen LogP contribution in [0.4, 0.5) is 0 Å². The smallest absolute Gasteiger partial charge is 0.150 e. The van der Waals surface area contributed by atoms with Crippen LogP contribution in [0.25, 0.3) is 0 Å². The molecule has 1 aliphatic heterocycles. The molecule has 1 unspecified atom stereocenters. The van der Waals surface area contributed by atoms with E-state index in [1.165, 1.54) is 6.20 Å². The summed E-state index contributed by atoms with van der Waals surface area (Å²) in [6.45, 7) is 0. The fraction of sp³-hybridized carbons (Fsp3) is 0.556. The first-order chi connectivity index (χ1) is 7.05. The molecular weight excluding hydrogens is 236 g/mol. The van der Waals surface area contributed by atoms with Crippen molar-refractivity contribution in [2.24, 2.45) is 5.92 Å². The molecule has 0 radical (unpaired) electrons. The largest absolute Gasteiger partial charge is 0.229 e. The maximum absolute atomic E-state index is 11.2. The van der Waals surface area contributed by atoms with Crippen LogP contribution in [-0.2, 0) is 16.3 Å². The first-order valence-corrected chi connectivity index (χ1v) is 6.93. The number of hydrogen-bond acceptors (Lipinski definition) is 4. The molecule has 2 rings (SSSR count). The van der Waals surface area contributed by atoms with Crippen LogP contribution in [0.1, 0.15) is 12.1 Å². The Balaban J connectivity index is 2.05.